The van der Waals surface area contributed by atoms with Crippen LogP contribution in [0.25, 0.3) is 0 Å². The Morgan fingerprint density at radius 3 is 2.35 bits per heavy atom. The molecule has 1 heterocycles. The Bertz CT molecular complexity index is 450. The van der Waals surface area contributed by atoms with Gasteiger partial charge in [-0.05, 0) is 44.9 Å². The Morgan fingerprint density at radius 2 is 1.85 bits per heavy atom. The monoisotopic (exact) mass is 281 g/mol. The van der Waals surface area contributed by atoms with Gasteiger partial charge >= 0.3 is 0 Å². The molecular weight excluding hydrogens is 254 g/mol. The Morgan fingerprint density at radius 1 is 1.25 bits per heavy atom. The van der Waals surface area contributed by atoms with Crippen LogP contribution in [0.4, 0.5) is 0 Å². The van der Waals surface area contributed by atoms with Crippen molar-refractivity contribution in [1.82, 2.24) is 10.1 Å². The Kier molecular flexibility index (Phi) is 3.95. The predicted molar refractivity (Wildman–Crippen MR) is 77.2 cm³/mol. The Balaban J connectivity index is 2.17. The fourth-order valence-corrected chi connectivity index (χ4v) is 2.75. The lowest BCUT2D eigenvalue weighted by Gasteiger charge is -2.40. The maximum Gasteiger partial charge on any atom is 0.228 e. The van der Waals surface area contributed by atoms with Crippen LogP contribution in [0.15, 0.2) is 4.52 Å². The molecule has 0 radical (unpaired) electrons. The first-order chi connectivity index (χ1) is 9.16. The molecule has 0 unspecified atom stereocenters. The van der Waals surface area contributed by atoms with Crippen molar-refractivity contribution in [3.05, 3.63) is 11.7 Å². The van der Waals surface area contributed by atoms with Gasteiger partial charge in [0.1, 0.15) is 5.60 Å². The lowest BCUT2D eigenvalue weighted by Crippen LogP contribution is -2.37. The van der Waals surface area contributed by atoms with Crippen molar-refractivity contribution in [3.63, 3.8) is 0 Å². The molecule has 1 aliphatic rings. The second kappa shape index (κ2) is 5.11. The normalized spacial score (nSPS) is 21.9. The average molecular weight is 281 g/mol. The van der Waals surface area contributed by atoms with E-state index in [-0.39, 0.29) is 5.54 Å². The molecule has 0 atom stereocenters. The lowest BCUT2D eigenvalue weighted by molar-refractivity contribution is -0.0740. The summed E-state index contributed by atoms with van der Waals surface area (Å²) in [7, 11) is 1.74. The topological polar surface area (TPSA) is 74.2 Å². The van der Waals surface area contributed by atoms with Gasteiger partial charge in [0.05, 0.1) is 0 Å². The van der Waals surface area contributed by atoms with Gasteiger partial charge in [-0.25, -0.2) is 0 Å². The summed E-state index contributed by atoms with van der Waals surface area (Å²) in [6.45, 7) is 8.49. The van der Waals surface area contributed by atoms with Gasteiger partial charge in [0.15, 0.2) is 0 Å². The molecular formula is C15H27N3O2. The number of methoxy groups -OCH3 is 1. The van der Waals surface area contributed by atoms with Gasteiger partial charge in [0.2, 0.25) is 11.7 Å². The zero-order valence-corrected chi connectivity index (χ0v) is 13.3. The van der Waals surface area contributed by atoms with Gasteiger partial charge in [0, 0.05) is 19.1 Å². The highest BCUT2D eigenvalue weighted by Crippen LogP contribution is 2.46. The van der Waals surface area contributed by atoms with E-state index in [4.69, 9.17) is 15.0 Å². The third-order valence-corrected chi connectivity index (χ3v) is 4.28. The molecule has 0 aliphatic heterocycles. The molecule has 0 amide bonds. The summed E-state index contributed by atoms with van der Waals surface area (Å²) in [5, 5.41) is 4.15. The standard InChI is InChI=1S/C15H27N3O2/c1-13(2)6-8-15(19-5,9-7-13)12-17-11(20-18-12)10-14(3,4)16/h6-10,16H2,1-5H3. The van der Waals surface area contributed by atoms with Crippen molar-refractivity contribution in [2.45, 2.75) is 70.9 Å². The van der Waals surface area contributed by atoms with Crippen LogP contribution in [0.5, 0.6) is 0 Å². The molecule has 5 nitrogen and oxygen atoms in total. The zero-order chi connectivity index (χ0) is 15.0. The van der Waals surface area contributed by atoms with Crippen LogP contribution >= 0.6 is 0 Å². The van der Waals surface area contributed by atoms with Gasteiger partial charge in [-0.3, -0.25) is 0 Å². The van der Waals surface area contributed by atoms with Crippen LogP contribution in [0.1, 0.15) is 65.1 Å². The molecule has 5 heteroatoms. The minimum Gasteiger partial charge on any atom is -0.370 e. The van der Waals surface area contributed by atoms with Crippen LogP contribution < -0.4 is 5.73 Å². The Labute approximate surface area is 121 Å². The quantitative estimate of drug-likeness (QED) is 0.918. The molecule has 20 heavy (non-hydrogen) atoms. The summed E-state index contributed by atoms with van der Waals surface area (Å²) in [5.41, 5.74) is 5.62. The summed E-state index contributed by atoms with van der Waals surface area (Å²) in [4.78, 5) is 4.53. The Hall–Kier alpha value is -0.940. The summed E-state index contributed by atoms with van der Waals surface area (Å²) >= 11 is 0. The van der Waals surface area contributed by atoms with Gasteiger partial charge in [0.25, 0.3) is 0 Å². The maximum absolute atomic E-state index is 6.00. The predicted octanol–water partition coefficient (Wildman–Crippen LogP) is 2.79. The highest BCUT2D eigenvalue weighted by molar-refractivity contribution is 5.06. The molecule has 1 saturated carbocycles. The molecule has 0 spiro atoms. The molecule has 2 rings (SSSR count). The molecule has 1 fully saturated rings. The van der Waals surface area contributed by atoms with Crippen molar-refractivity contribution >= 4 is 0 Å². The second-order valence-corrected chi connectivity index (χ2v) is 7.54. The first kappa shape index (κ1) is 15.4. The number of nitrogens with two attached hydrogens (primary N) is 1. The van der Waals surface area contributed by atoms with E-state index in [1.165, 1.54) is 0 Å². The molecule has 1 aromatic heterocycles. The summed E-state index contributed by atoms with van der Waals surface area (Å²) in [6, 6.07) is 0. The van der Waals surface area contributed by atoms with Crippen LogP contribution in [0, 0.1) is 5.41 Å². The summed E-state index contributed by atoms with van der Waals surface area (Å²) < 4.78 is 11.1. The van der Waals surface area contributed by atoms with Gasteiger partial charge < -0.3 is 15.0 Å². The molecule has 1 aromatic rings. The van der Waals surface area contributed by atoms with E-state index >= 15 is 0 Å². The van der Waals surface area contributed by atoms with E-state index < -0.39 is 5.60 Å². The van der Waals surface area contributed by atoms with E-state index in [0.717, 1.165) is 25.7 Å². The van der Waals surface area contributed by atoms with E-state index in [0.29, 0.717) is 23.6 Å². The molecule has 114 valence electrons. The van der Waals surface area contributed by atoms with E-state index in [1.807, 2.05) is 13.8 Å². The van der Waals surface area contributed by atoms with Gasteiger partial charge in [-0.1, -0.05) is 19.0 Å². The molecule has 0 bridgehead atoms. The van der Waals surface area contributed by atoms with Crippen LogP contribution in [0.2, 0.25) is 0 Å². The number of aromatic nitrogens is 2. The second-order valence-electron chi connectivity index (χ2n) is 7.54. The summed E-state index contributed by atoms with van der Waals surface area (Å²) in [5.74, 6) is 1.27. The van der Waals surface area contributed by atoms with Gasteiger partial charge in [-0.2, -0.15) is 4.98 Å². The SMILES string of the molecule is COC1(c2noc(CC(C)(C)N)n2)CCC(C)(C)CC1. The minimum atomic E-state index is -0.393. The number of rotatable bonds is 4. The van der Waals surface area contributed by atoms with Crippen molar-refractivity contribution in [3.8, 4) is 0 Å². The first-order valence-electron chi connectivity index (χ1n) is 7.33. The third-order valence-electron chi connectivity index (χ3n) is 4.28. The van der Waals surface area contributed by atoms with Crippen molar-refractivity contribution in [1.29, 1.82) is 0 Å². The van der Waals surface area contributed by atoms with Crippen molar-refractivity contribution < 1.29 is 9.26 Å². The third kappa shape index (κ3) is 3.38. The van der Waals surface area contributed by atoms with Crippen LogP contribution in [-0.4, -0.2) is 22.8 Å². The lowest BCUT2D eigenvalue weighted by atomic mass is 9.70. The van der Waals surface area contributed by atoms with Crippen LogP contribution in [-0.2, 0) is 16.8 Å². The van der Waals surface area contributed by atoms with E-state index in [9.17, 15) is 0 Å². The molecule has 0 saturated heterocycles. The molecule has 0 aromatic carbocycles. The van der Waals surface area contributed by atoms with E-state index in [1.54, 1.807) is 7.11 Å². The first-order valence-corrected chi connectivity index (χ1v) is 7.33. The number of nitrogens with zero attached hydrogens (tertiary/aromatic N) is 2. The maximum atomic E-state index is 6.00. The van der Waals surface area contributed by atoms with E-state index in [2.05, 4.69) is 24.0 Å². The average Bonchev–Trinajstić information content (AvgIpc) is 2.76. The highest BCUT2D eigenvalue weighted by atomic mass is 16.5. The fourth-order valence-electron chi connectivity index (χ4n) is 2.75. The van der Waals surface area contributed by atoms with Crippen molar-refractivity contribution in [2.24, 2.45) is 11.1 Å². The number of ether oxygens (including phenoxy) is 1. The number of hydrogen-bond acceptors (Lipinski definition) is 5. The minimum absolute atomic E-state index is 0.349. The smallest absolute Gasteiger partial charge is 0.228 e. The van der Waals surface area contributed by atoms with Crippen molar-refractivity contribution in [2.75, 3.05) is 7.11 Å². The zero-order valence-electron chi connectivity index (χ0n) is 13.3. The number of hydrogen-bond donors (Lipinski definition) is 1. The summed E-state index contributed by atoms with van der Waals surface area (Å²) in [6.07, 6.45) is 4.65. The largest absolute Gasteiger partial charge is 0.370 e. The molecule has 1 aliphatic carbocycles. The van der Waals surface area contributed by atoms with Gasteiger partial charge in [-0.15, -0.1) is 0 Å². The molecule has 2 N–H and O–H groups in total. The van der Waals surface area contributed by atoms with Crippen LogP contribution in [0.3, 0.4) is 0 Å². The fraction of sp³-hybridized carbons (Fsp3) is 0.867. The highest BCUT2D eigenvalue weighted by Gasteiger charge is 2.43.